The minimum absolute atomic E-state index is 0.573. The van der Waals surface area contributed by atoms with Crippen LogP contribution < -0.4 is 4.74 Å². The van der Waals surface area contributed by atoms with Gasteiger partial charge in [-0.2, -0.15) is 0 Å². The maximum absolute atomic E-state index is 5.94. The molecule has 2 aliphatic rings. The van der Waals surface area contributed by atoms with Crippen LogP contribution in [0.1, 0.15) is 48.9 Å². The Bertz CT molecular complexity index is 575. The summed E-state index contributed by atoms with van der Waals surface area (Å²) < 4.78 is 11.3. The Labute approximate surface area is 153 Å². The normalized spacial score (nSPS) is 25.0. The van der Waals surface area contributed by atoms with E-state index >= 15 is 0 Å². The van der Waals surface area contributed by atoms with Crippen LogP contribution in [0.5, 0.6) is 5.75 Å². The molecule has 0 saturated carbocycles. The van der Waals surface area contributed by atoms with Gasteiger partial charge >= 0.3 is 0 Å². The van der Waals surface area contributed by atoms with E-state index < -0.39 is 0 Å². The summed E-state index contributed by atoms with van der Waals surface area (Å²) in [6.45, 7) is 12.1. The Kier molecular flexibility index (Phi) is 6.37. The molecule has 0 amide bonds. The first-order chi connectivity index (χ1) is 12.1. The molecule has 2 unspecified atom stereocenters. The molecule has 2 fully saturated rings. The summed E-state index contributed by atoms with van der Waals surface area (Å²) in [6.07, 6.45) is 3.97. The fourth-order valence-electron chi connectivity index (χ4n) is 4.43. The van der Waals surface area contributed by atoms with Crippen LogP contribution in [0.3, 0.4) is 0 Å². The quantitative estimate of drug-likeness (QED) is 0.735. The molecule has 0 aromatic heterocycles. The van der Waals surface area contributed by atoms with Crippen molar-refractivity contribution in [3.05, 3.63) is 28.8 Å². The van der Waals surface area contributed by atoms with Crippen molar-refractivity contribution in [2.75, 3.05) is 46.5 Å². The van der Waals surface area contributed by atoms with Crippen LogP contribution in [0.25, 0.3) is 0 Å². The third-order valence-electron chi connectivity index (χ3n) is 5.97. The Balaban J connectivity index is 1.74. The van der Waals surface area contributed by atoms with Crippen molar-refractivity contribution in [3.63, 3.8) is 0 Å². The summed E-state index contributed by atoms with van der Waals surface area (Å²) in [7, 11) is 2.25. The monoisotopic (exact) mass is 346 g/mol. The summed E-state index contributed by atoms with van der Waals surface area (Å²) >= 11 is 0. The van der Waals surface area contributed by atoms with Crippen molar-refractivity contribution in [3.8, 4) is 5.75 Å². The lowest BCUT2D eigenvalue weighted by atomic mass is 9.86. The summed E-state index contributed by atoms with van der Waals surface area (Å²) in [5, 5.41) is 0. The van der Waals surface area contributed by atoms with Crippen LogP contribution in [0.15, 0.2) is 12.1 Å². The van der Waals surface area contributed by atoms with Gasteiger partial charge in [-0.3, -0.25) is 4.90 Å². The van der Waals surface area contributed by atoms with E-state index in [4.69, 9.17) is 9.47 Å². The van der Waals surface area contributed by atoms with Gasteiger partial charge in [0.25, 0.3) is 0 Å². The highest BCUT2D eigenvalue weighted by atomic mass is 16.5. The van der Waals surface area contributed by atoms with Crippen LogP contribution in [0, 0.1) is 13.8 Å². The van der Waals surface area contributed by atoms with E-state index in [0.29, 0.717) is 19.3 Å². The number of ether oxygens (including phenoxy) is 2. The van der Waals surface area contributed by atoms with Gasteiger partial charge in [0.05, 0.1) is 6.61 Å². The second-order valence-corrected chi connectivity index (χ2v) is 7.55. The number of hydrogen-bond donors (Lipinski definition) is 0. The first-order valence-electron chi connectivity index (χ1n) is 9.86. The Morgan fingerprint density at radius 1 is 1.08 bits per heavy atom. The second kappa shape index (κ2) is 8.52. The van der Waals surface area contributed by atoms with Gasteiger partial charge in [0, 0.05) is 38.3 Å². The third-order valence-corrected chi connectivity index (χ3v) is 5.97. The predicted octanol–water partition coefficient (Wildman–Crippen LogP) is 3.56. The molecule has 0 bridgehead atoms. The van der Waals surface area contributed by atoms with Gasteiger partial charge in [-0.1, -0.05) is 6.07 Å². The zero-order chi connectivity index (χ0) is 17.8. The largest absolute Gasteiger partial charge is 0.491 e. The first-order valence-corrected chi connectivity index (χ1v) is 9.86. The van der Waals surface area contributed by atoms with Crippen molar-refractivity contribution in [2.24, 2.45) is 0 Å². The summed E-state index contributed by atoms with van der Waals surface area (Å²) in [5.74, 6) is 1.01. The second-order valence-electron chi connectivity index (χ2n) is 7.55. The minimum atomic E-state index is 0.573. The molecule has 2 saturated heterocycles. The standard InChI is InChI=1S/C21H34N2O2/c1-5-24-13-14-25-21-10-9-19(16(2)17(21)3)20-8-6-7-18-15-22(4)11-12-23(18)20/h9-10,18,20H,5-8,11-15H2,1-4H3. The van der Waals surface area contributed by atoms with Gasteiger partial charge in [0.1, 0.15) is 12.4 Å². The minimum Gasteiger partial charge on any atom is -0.491 e. The number of hydrogen-bond acceptors (Lipinski definition) is 4. The molecule has 0 N–H and O–H groups in total. The molecule has 140 valence electrons. The highest BCUT2D eigenvalue weighted by molar-refractivity contribution is 5.45. The van der Waals surface area contributed by atoms with Crippen LogP contribution in [0.2, 0.25) is 0 Å². The van der Waals surface area contributed by atoms with E-state index in [0.717, 1.165) is 18.4 Å². The molecule has 25 heavy (non-hydrogen) atoms. The van der Waals surface area contributed by atoms with Gasteiger partial charge in [0.15, 0.2) is 0 Å². The number of piperazine rings is 1. The molecule has 3 rings (SSSR count). The number of piperidine rings is 1. The lowest BCUT2D eigenvalue weighted by Crippen LogP contribution is -2.54. The van der Waals surface area contributed by atoms with Crippen molar-refractivity contribution in [1.29, 1.82) is 0 Å². The number of rotatable bonds is 6. The average molecular weight is 347 g/mol. The molecule has 2 aliphatic heterocycles. The molecule has 0 radical (unpaired) electrons. The SMILES string of the molecule is CCOCCOc1ccc(C2CCCC3CN(C)CCN32)c(C)c1C. The maximum atomic E-state index is 5.94. The number of benzene rings is 1. The zero-order valence-electron chi connectivity index (χ0n) is 16.4. The zero-order valence-corrected chi connectivity index (χ0v) is 16.4. The van der Waals surface area contributed by atoms with Crippen molar-refractivity contribution in [1.82, 2.24) is 9.80 Å². The van der Waals surface area contributed by atoms with Gasteiger partial charge in [-0.05, 0) is 69.8 Å². The average Bonchev–Trinajstić information content (AvgIpc) is 2.61. The van der Waals surface area contributed by atoms with Gasteiger partial charge in [-0.15, -0.1) is 0 Å². The summed E-state index contributed by atoms with van der Waals surface area (Å²) in [4.78, 5) is 5.25. The molecule has 0 spiro atoms. The summed E-state index contributed by atoms with van der Waals surface area (Å²) in [6, 6.07) is 5.77. The highest BCUT2D eigenvalue weighted by Gasteiger charge is 2.35. The number of fused-ring (bicyclic) bond motifs is 1. The Morgan fingerprint density at radius 3 is 2.72 bits per heavy atom. The van der Waals surface area contributed by atoms with Crippen LogP contribution in [-0.2, 0) is 4.74 Å². The fraction of sp³-hybridized carbons (Fsp3) is 0.714. The van der Waals surface area contributed by atoms with Crippen LogP contribution >= 0.6 is 0 Å². The molecule has 1 aromatic rings. The number of likely N-dealkylation sites (N-methyl/N-ethyl adjacent to an activating group) is 1. The third kappa shape index (κ3) is 4.18. The van der Waals surface area contributed by atoms with Crippen molar-refractivity contribution >= 4 is 0 Å². The van der Waals surface area contributed by atoms with E-state index in [1.165, 1.54) is 55.6 Å². The molecule has 1 aromatic carbocycles. The lowest BCUT2D eigenvalue weighted by Gasteiger charge is -2.48. The molecule has 4 heteroatoms. The smallest absolute Gasteiger partial charge is 0.122 e. The Morgan fingerprint density at radius 2 is 1.92 bits per heavy atom. The van der Waals surface area contributed by atoms with Crippen molar-refractivity contribution < 1.29 is 9.47 Å². The van der Waals surface area contributed by atoms with E-state index in [1.54, 1.807) is 0 Å². The van der Waals surface area contributed by atoms with Crippen LogP contribution in [0.4, 0.5) is 0 Å². The molecular formula is C21H34N2O2. The molecule has 4 nitrogen and oxygen atoms in total. The molecular weight excluding hydrogens is 312 g/mol. The maximum Gasteiger partial charge on any atom is 0.122 e. The Hall–Kier alpha value is -1.10. The topological polar surface area (TPSA) is 24.9 Å². The van der Waals surface area contributed by atoms with Gasteiger partial charge in [0.2, 0.25) is 0 Å². The molecule has 0 aliphatic carbocycles. The number of nitrogens with zero attached hydrogens (tertiary/aromatic N) is 2. The highest BCUT2D eigenvalue weighted by Crippen LogP contribution is 2.39. The predicted molar refractivity (Wildman–Crippen MR) is 102 cm³/mol. The van der Waals surface area contributed by atoms with Gasteiger partial charge < -0.3 is 14.4 Å². The van der Waals surface area contributed by atoms with Crippen molar-refractivity contribution in [2.45, 2.75) is 52.1 Å². The van der Waals surface area contributed by atoms with E-state index in [9.17, 15) is 0 Å². The fourth-order valence-corrected chi connectivity index (χ4v) is 4.43. The van der Waals surface area contributed by atoms with E-state index in [1.807, 2.05) is 6.92 Å². The molecule has 2 heterocycles. The van der Waals surface area contributed by atoms with Gasteiger partial charge in [-0.25, -0.2) is 0 Å². The first kappa shape index (κ1) is 18.7. The summed E-state index contributed by atoms with van der Waals surface area (Å²) in [5.41, 5.74) is 4.19. The molecule has 2 atom stereocenters. The van der Waals surface area contributed by atoms with E-state index in [2.05, 4.69) is 42.8 Å². The lowest BCUT2D eigenvalue weighted by molar-refractivity contribution is 0.0182. The van der Waals surface area contributed by atoms with E-state index in [-0.39, 0.29) is 0 Å². The van der Waals surface area contributed by atoms with Crippen LogP contribution in [-0.4, -0.2) is 62.3 Å².